The zero-order valence-corrected chi connectivity index (χ0v) is 15.1. The van der Waals surface area contributed by atoms with E-state index < -0.39 is 47.4 Å². The van der Waals surface area contributed by atoms with Gasteiger partial charge < -0.3 is 20.1 Å². The topological polar surface area (TPSA) is 137 Å². The lowest BCUT2D eigenvalue weighted by Crippen LogP contribution is -2.32. The summed E-state index contributed by atoms with van der Waals surface area (Å²) in [7, 11) is 1.34. The van der Waals surface area contributed by atoms with Crippen LogP contribution in [0.15, 0.2) is 42.5 Å². The predicted molar refractivity (Wildman–Crippen MR) is 98.0 cm³/mol. The molecule has 2 N–H and O–H groups in total. The number of amides is 2. The number of ether oxygens (including phenoxy) is 2. The Kier molecular flexibility index (Phi) is 7.18. The summed E-state index contributed by atoms with van der Waals surface area (Å²) < 4.78 is 23.0. The fourth-order valence-electron chi connectivity index (χ4n) is 2.17. The van der Waals surface area contributed by atoms with Gasteiger partial charge in [-0.25, -0.2) is 4.39 Å². The van der Waals surface area contributed by atoms with Crippen LogP contribution in [0.2, 0.25) is 0 Å². The lowest BCUT2D eigenvalue weighted by Gasteiger charge is -2.09. The Labute approximate surface area is 163 Å². The van der Waals surface area contributed by atoms with Crippen LogP contribution in [0.3, 0.4) is 0 Å². The van der Waals surface area contributed by atoms with Gasteiger partial charge in [-0.15, -0.1) is 0 Å². The third-order valence-electron chi connectivity index (χ3n) is 3.55. The van der Waals surface area contributed by atoms with Crippen LogP contribution >= 0.6 is 0 Å². The summed E-state index contributed by atoms with van der Waals surface area (Å²) >= 11 is 0. The molecule has 0 aromatic heterocycles. The second kappa shape index (κ2) is 9.78. The van der Waals surface area contributed by atoms with E-state index in [0.29, 0.717) is 0 Å². The first kappa shape index (κ1) is 21.3. The molecule has 0 radical (unpaired) electrons. The highest BCUT2D eigenvalue weighted by atomic mass is 19.1. The Hall–Kier alpha value is -4.02. The number of carbonyl (C=O) groups excluding carboxylic acids is 3. The van der Waals surface area contributed by atoms with E-state index in [4.69, 9.17) is 4.74 Å². The van der Waals surface area contributed by atoms with E-state index in [0.717, 1.165) is 12.1 Å². The van der Waals surface area contributed by atoms with Crippen LogP contribution in [0.5, 0.6) is 5.75 Å². The number of rotatable bonds is 8. The maximum Gasteiger partial charge on any atom is 0.325 e. The van der Waals surface area contributed by atoms with Crippen LogP contribution in [-0.2, 0) is 14.3 Å². The average Bonchev–Trinajstić information content (AvgIpc) is 2.71. The van der Waals surface area contributed by atoms with Crippen LogP contribution in [0.1, 0.15) is 10.4 Å². The molecule has 152 valence electrons. The second-order valence-electron chi connectivity index (χ2n) is 5.51. The van der Waals surface area contributed by atoms with Gasteiger partial charge in [0.2, 0.25) is 0 Å². The highest BCUT2D eigenvalue weighted by molar-refractivity contribution is 5.97. The number of hydrogen-bond donors (Lipinski definition) is 2. The summed E-state index contributed by atoms with van der Waals surface area (Å²) in [6, 6.07) is 9.00. The monoisotopic (exact) mass is 405 g/mol. The molecule has 0 atom stereocenters. The Bertz CT molecular complexity index is 949. The molecular formula is C18H16FN3O7. The zero-order valence-electron chi connectivity index (χ0n) is 15.1. The summed E-state index contributed by atoms with van der Waals surface area (Å²) in [5.74, 6) is -3.12. The van der Waals surface area contributed by atoms with E-state index in [2.05, 4.69) is 15.4 Å². The molecule has 0 aliphatic heterocycles. The molecule has 2 aromatic rings. The van der Waals surface area contributed by atoms with Gasteiger partial charge in [-0.2, -0.15) is 0 Å². The van der Waals surface area contributed by atoms with Gasteiger partial charge in [0.25, 0.3) is 17.5 Å². The number of nitrogens with one attached hydrogen (secondary N) is 2. The van der Waals surface area contributed by atoms with Crippen molar-refractivity contribution in [2.24, 2.45) is 0 Å². The highest BCUT2D eigenvalue weighted by Crippen LogP contribution is 2.28. The largest absolute Gasteiger partial charge is 0.496 e. The molecule has 29 heavy (non-hydrogen) atoms. The van der Waals surface area contributed by atoms with Crippen LogP contribution in [0.25, 0.3) is 0 Å². The first-order chi connectivity index (χ1) is 13.8. The van der Waals surface area contributed by atoms with Crippen molar-refractivity contribution in [1.29, 1.82) is 0 Å². The van der Waals surface area contributed by atoms with E-state index in [1.54, 1.807) is 0 Å². The number of hydrogen-bond acceptors (Lipinski definition) is 7. The second-order valence-corrected chi connectivity index (χ2v) is 5.51. The number of halogens is 1. The minimum Gasteiger partial charge on any atom is -0.496 e. The van der Waals surface area contributed by atoms with Crippen LogP contribution in [-0.4, -0.2) is 43.0 Å². The fourth-order valence-corrected chi connectivity index (χ4v) is 2.17. The number of anilines is 1. The zero-order chi connectivity index (χ0) is 21.4. The van der Waals surface area contributed by atoms with Gasteiger partial charge in [-0.3, -0.25) is 24.5 Å². The Morgan fingerprint density at radius 1 is 1.17 bits per heavy atom. The molecule has 0 fully saturated rings. The molecule has 11 heteroatoms. The van der Waals surface area contributed by atoms with Crippen molar-refractivity contribution in [2.45, 2.75) is 0 Å². The molecule has 0 saturated carbocycles. The maximum absolute atomic E-state index is 13.5. The average molecular weight is 405 g/mol. The maximum atomic E-state index is 13.5. The Morgan fingerprint density at radius 3 is 2.55 bits per heavy atom. The molecule has 0 bridgehead atoms. The van der Waals surface area contributed by atoms with E-state index in [9.17, 15) is 28.9 Å². The van der Waals surface area contributed by atoms with E-state index in [-0.39, 0.29) is 17.0 Å². The van der Waals surface area contributed by atoms with Gasteiger partial charge >= 0.3 is 5.97 Å². The van der Waals surface area contributed by atoms with E-state index in [1.807, 2.05) is 0 Å². The lowest BCUT2D eigenvalue weighted by molar-refractivity contribution is -0.384. The summed E-state index contributed by atoms with van der Waals surface area (Å²) in [6.07, 6.45) is 0. The van der Waals surface area contributed by atoms with Gasteiger partial charge in [0, 0.05) is 0 Å². The summed E-state index contributed by atoms with van der Waals surface area (Å²) in [5.41, 5.74) is -0.754. The number of methoxy groups -OCH3 is 1. The van der Waals surface area contributed by atoms with Crippen molar-refractivity contribution in [3.05, 3.63) is 64.0 Å². The first-order valence-electron chi connectivity index (χ1n) is 8.12. The van der Waals surface area contributed by atoms with Crippen LogP contribution in [0.4, 0.5) is 15.8 Å². The molecule has 0 aliphatic rings. The van der Waals surface area contributed by atoms with Gasteiger partial charge in [0.1, 0.15) is 23.8 Å². The van der Waals surface area contributed by atoms with Crippen LogP contribution in [0, 0.1) is 15.9 Å². The van der Waals surface area contributed by atoms with E-state index >= 15 is 0 Å². The third kappa shape index (κ3) is 5.99. The number of nitro benzene ring substituents is 1. The minimum absolute atomic E-state index is 0.107. The van der Waals surface area contributed by atoms with Gasteiger partial charge in [-0.05, 0) is 24.3 Å². The summed E-state index contributed by atoms with van der Waals surface area (Å²) in [4.78, 5) is 45.7. The molecule has 10 nitrogen and oxygen atoms in total. The van der Waals surface area contributed by atoms with Crippen molar-refractivity contribution in [3.8, 4) is 5.75 Å². The van der Waals surface area contributed by atoms with Crippen molar-refractivity contribution in [2.75, 3.05) is 25.6 Å². The van der Waals surface area contributed by atoms with Gasteiger partial charge in [0.15, 0.2) is 6.61 Å². The first-order valence-corrected chi connectivity index (χ1v) is 8.12. The number of esters is 1. The molecule has 0 aliphatic carbocycles. The molecule has 0 spiro atoms. The smallest absolute Gasteiger partial charge is 0.325 e. The SMILES string of the molecule is COc1ccc(NC(=O)COC(=O)CNC(=O)c2ccccc2F)c([N+](=O)[O-])c1. The lowest BCUT2D eigenvalue weighted by atomic mass is 10.2. The Balaban J connectivity index is 1.85. The highest BCUT2D eigenvalue weighted by Gasteiger charge is 2.18. The number of nitro groups is 1. The van der Waals surface area contributed by atoms with E-state index in [1.165, 1.54) is 37.4 Å². The quantitative estimate of drug-likeness (QED) is 0.387. The molecule has 2 rings (SSSR count). The molecule has 2 amide bonds. The molecule has 2 aromatic carbocycles. The Morgan fingerprint density at radius 2 is 1.90 bits per heavy atom. The van der Waals surface area contributed by atoms with Crippen LogP contribution < -0.4 is 15.4 Å². The van der Waals surface area contributed by atoms with Crippen molar-refractivity contribution >= 4 is 29.2 Å². The van der Waals surface area contributed by atoms with Crippen molar-refractivity contribution in [1.82, 2.24) is 5.32 Å². The van der Waals surface area contributed by atoms with Gasteiger partial charge in [0.05, 0.1) is 23.7 Å². The molecule has 0 heterocycles. The number of carbonyl (C=O) groups is 3. The predicted octanol–water partition coefficient (Wildman–Crippen LogP) is 1.65. The fraction of sp³-hybridized carbons (Fsp3) is 0.167. The molecular weight excluding hydrogens is 389 g/mol. The summed E-state index contributed by atoms with van der Waals surface area (Å²) in [5, 5.41) is 15.5. The number of benzene rings is 2. The van der Waals surface area contributed by atoms with Crippen molar-refractivity contribution < 1.29 is 33.2 Å². The standard InChI is InChI=1S/C18H16FN3O7/c1-28-11-6-7-14(15(8-11)22(26)27)21-16(23)10-29-17(24)9-20-18(25)12-4-2-3-5-13(12)19/h2-8H,9-10H2,1H3,(H,20,25)(H,21,23). The minimum atomic E-state index is -0.950. The molecule has 0 saturated heterocycles. The number of nitrogens with zero attached hydrogens (tertiary/aromatic N) is 1. The van der Waals surface area contributed by atoms with Crippen molar-refractivity contribution in [3.63, 3.8) is 0 Å². The third-order valence-corrected chi connectivity index (χ3v) is 3.55. The summed E-state index contributed by atoms with van der Waals surface area (Å²) in [6.45, 7) is -1.33. The molecule has 0 unspecified atom stereocenters. The normalized spacial score (nSPS) is 10.0. The van der Waals surface area contributed by atoms with Gasteiger partial charge in [-0.1, -0.05) is 12.1 Å².